The Hall–Kier alpha value is -1.55. The lowest BCUT2D eigenvalue weighted by atomic mass is 10.0. The van der Waals surface area contributed by atoms with Crippen molar-refractivity contribution in [2.45, 2.75) is 17.4 Å². The lowest BCUT2D eigenvalue weighted by molar-refractivity contribution is 0.522. The van der Waals surface area contributed by atoms with Crippen molar-refractivity contribution in [2.75, 3.05) is 5.75 Å². The van der Waals surface area contributed by atoms with Crippen LogP contribution in [0.3, 0.4) is 0 Å². The van der Waals surface area contributed by atoms with Gasteiger partial charge >= 0.3 is 0 Å². The van der Waals surface area contributed by atoms with Crippen molar-refractivity contribution in [3.05, 3.63) is 58.5 Å². The van der Waals surface area contributed by atoms with E-state index < -0.39 is 0 Å². The molecule has 0 aliphatic carbocycles. The van der Waals surface area contributed by atoms with Crippen LogP contribution in [-0.2, 0) is 6.54 Å². The van der Waals surface area contributed by atoms with Gasteiger partial charge in [0.05, 0.1) is 6.54 Å². The smallest absolute Gasteiger partial charge is 0.266 e. The van der Waals surface area contributed by atoms with E-state index in [1.807, 2.05) is 11.8 Å². The lowest BCUT2D eigenvalue weighted by Gasteiger charge is -2.11. The van der Waals surface area contributed by atoms with Crippen LogP contribution in [0.1, 0.15) is 11.5 Å². The number of nitrogens with zero attached hydrogens (tertiary/aromatic N) is 2. The van der Waals surface area contributed by atoms with Crippen LogP contribution in [0.4, 0.5) is 0 Å². The summed E-state index contributed by atoms with van der Waals surface area (Å²) in [6.45, 7) is 0.670. The predicted octanol–water partition coefficient (Wildman–Crippen LogP) is 2.13. The largest absolute Gasteiger partial charge is 0.268 e. The molecule has 1 aromatic carbocycles. The number of fused-ring (bicyclic) bond motifs is 1. The second kappa shape index (κ2) is 4.37. The summed E-state index contributed by atoms with van der Waals surface area (Å²) in [5, 5.41) is 4.11. The van der Waals surface area contributed by atoms with Crippen molar-refractivity contribution in [1.29, 1.82) is 0 Å². The van der Waals surface area contributed by atoms with Gasteiger partial charge in [0.1, 0.15) is 0 Å². The van der Waals surface area contributed by atoms with Gasteiger partial charge < -0.3 is 0 Å². The molecule has 1 aliphatic rings. The number of benzene rings is 1. The second-order valence-electron chi connectivity index (χ2n) is 4.09. The van der Waals surface area contributed by atoms with Gasteiger partial charge in [0.2, 0.25) is 0 Å². The maximum atomic E-state index is 11.6. The van der Waals surface area contributed by atoms with Gasteiger partial charge in [-0.05, 0) is 17.7 Å². The first-order valence-corrected chi connectivity index (χ1v) is 6.57. The Morgan fingerprint density at radius 2 is 2.18 bits per heavy atom. The van der Waals surface area contributed by atoms with Crippen molar-refractivity contribution in [1.82, 2.24) is 9.78 Å². The molecule has 0 saturated heterocycles. The van der Waals surface area contributed by atoms with Gasteiger partial charge in [-0.25, -0.2) is 4.68 Å². The molecule has 1 aliphatic heterocycles. The number of rotatable bonds is 2. The van der Waals surface area contributed by atoms with Gasteiger partial charge in [-0.1, -0.05) is 18.2 Å². The molecule has 2 heterocycles. The fourth-order valence-electron chi connectivity index (χ4n) is 2.11. The molecule has 0 spiro atoms. The van der Waals surface area contributed by atoms with Crippen molar-refractivity contribution in [2.24, 2.45) is 0 Å². The molecule has 17 heavy (non-hydrogen) atoms. The predicted molar refractivity (Wildman–Crippen MR) is 68.4 cm³/mol. The summed E-state index contributed by atoms with van der Waals surface area (Å²) in [4.78, 5) is 12.9. The topological polar surface area (TPSA) is 34.9 Å². The van der Waals surface area contributed by atoms with E-state index in [1.54, 1.807) is 23.0 Å². The molecule has 0 fully saturated rings. The van der Waals surface area contributed by atoms with E-state index in [0.717, 1.165) is 5.75 Å². The van der Waals surface area contributed by atoms with E-state index in [9.17, 15) is 4.79 Å². The molecule has 1 aromatic heterocycles. The standard InChI is InChI=1S/C13H12N2OS/c16-13-6-3-7-14-15(13)8-10-9-17-12-5-2-1-4-11(10)12/h1-7,10H,8-9H2. The average Bonchev–Trinajstić information content (AvgIpc) is 2.76. The summed E-state index contributed by atoms with van der Waals surface area (Å²) in [6.07, 6.45) is 1.66. The zero-order valence-corrected chi connectivity index (χ0v) is 10.1. The Morgan fingerprint density at radius 1 is 1.29 bits per heavy atom. The Bertz CT molecular complexity index is 594. The van der Waals surface area contributed by atoms with Crippen LogP contribution in [0.25, 0.3) is 0 Å². The minimum Gasteiger partial charge on any atom is -0.268 e. The Kier molecular flexibility index (Phi) is 2.73. The van der Waals surface area contributed by atoms with Gasteiger partial charge in [-0.3, -0.25) is 4.79 Å². The average molecular weight is 244 g/mol. The van der Waals surface area contributed by atoms with Crippen LogP contribution in [0.5, 0.6) is 0 Å². The Labute approximate surface area is 103 Å². The van der Waals surface area contributed by atoms with E-state index in [0.29, 0.717) is 12.5 Å². The fourth-order valence-corrected chi connectivity index (χ4v) is 3.36. The van der Waals surface area contributed by atoms with Crippen LogP contribution in [0.2, 0.25) is 0 Å². The molecular weight excluding hydrogens is 232 g/mol. The van der Waals surface area contributed by atoms with Crippen LogP contribution in [-0.4, -0.2) is 15.5 Å². The van der Waals surface area contributed by atoms with Gasteiger partial charge in [-0.2, -0.15) is 5.10 Å². The van der Waals surface area contributed by atoms with Gasteiger partial charge in [0.15, 0.2) is 0 Å². The molecule has 0 N–H and O–H groups in total. The van der Waals surface area contributed by atoms with E-state index in [1.165, 1.54) is 10.5 Å². The fraction of sp³-hybridized carbons (Fsp3) is 0.231. The molecule has 0 bridgehead atoms. The number of hydrogen-bond donors (Lipinski definition) is 0. The summed E-state index contributed by atoms with van der Waals surface area (Å²) < 4.78 is 1.55. The molecule has 0 radical (unpaired) electrons. The monoisotopic (exact) mass is 244 g/mol. The quantitative estimate of drug-likeness (QED) is 0.811. The summed E-state index contributed by atoms with van der Waals surface area (Å²) >= 11 is 1.86. The number of hydrogen-bond acceptors (Lipinski definition) is 3. The van der Waals surface area contributed by atoms with Crippen LogP contribution >= 0.6 is 11.8 Å². The maximum absolute atomic E-state index is 11.6. The molecule has 2 aromatic rings. The normalized spacial score (nSPS) is 18.0. The highest BCUT2D eigenvalue weighted by Gasteiger charge is 2.23. The summed E-state index contributed by atoms with van der Waals surface area (Å²) in [5.74, 6) is 1.42. The third-order valence-electron chi connectivity index (χ3n) is 2.98. The first-order valence-electron chi connectivity index (χ1n) is 5.58. The zero-order valence-electron chi connectivity index (χ0n) is 9.24. The first-order chi connectivity index (χ1) is 8.34. The van der Waals surface area contributed by atoms with Crippen molar-refractivity contribution in [3.8, 4) is 0 Å². The van der Waals surface area contributed by atoms with Crippen LogP contribution in [0, 0.1) is 0 Å². The highest BCUT2D eigenvalue weighted by atomic mass is 32.2. The molecule has 4 heteroatoms. The van der Waals surface area contributed by atoms with E-state index >= 15 is 0 Å². The van der Waals surface area contributed by atoms with Crippen molar-refractivity contribution >= 4 is 11.8 Å². The van der Waals surface area contributed by atoms with Gasteiger partial charge in [0, 0.05) is 28.8 Å². The van der Waals surface area contributed by atoms with E-state index in [-0.39, 0.29) is 5.56 Å². The SMILES string of the molecule is O=c1cccnn1CC1CSc2ccccc21. The Balaban J connectivity index is 1.89. The molecule has 1 atom stereocenters. The molecule has 1 unspecified atom stereocenters. The van der Waals surface area contributed by atoms with Gasteiger partial charge in [0.25, 0.3) is 5.56 Å². The zero-order chi connectivity index (χ0) is 11.7. The van der Waals surface area contributed by atoms with E-state index in [2.05, 4.69) is 29.4 Å². The first kappa shape index (κ1) is 10.6. The number of aromatic nitrogens is 2. The van der Waals surface area contributed by atoms with Crippen LogP contribution < -0.4 is 5.56 Å². The third-order valence-corrected chi connectivity index (χ3v) is 4.23. The van der Waals surface area contributed by atoms with E-state index in [4.69, 9.17) is 0 Å². The van der Waals surface area contributed by atoms with Crippen LogP contribution in [0.15, 0.2) is 52.3 Å². The van der Waals surface area contributed by atoms with Crippen molar-refractivity contribution in [3.63, 3.8) is 0 Å². The molecule has 3 rings (SSSR count). The second-order valence-corrected chi connectivity index (χ2v) is 5.15. The highest BCUT2D eigenvalue weighted by Crippen LogP contribution is 2.39. The molecule has 0 amide bonds. The maximum Gasteiger partial charge on any atom is 0.266 e. The molecular formula is C13H12N2OS. The number of thioether (sulfide) groups is 1. The lowest BCUT2D eigenvalue weighted by Crippen LogP contribution is -2.24. The summed E-state index contributed by atoms with van der Waals surface area (Å²) in [6, 6.07) is 11.6. The van der Waals surface area contributed by atoms with Gasteiger partial charge in [-0.15, -0.1) is 11.8 Å². The molecule has 86 valence electrons. The summed E-state index contributed by atoms with van der Waals surface area (Å²) in [7, 11) is 0. The molecule has 3 nitrogen and oxygen atoms in total. The van der Waals surface area contributed by atoms with Crippen molar-refractivity contribution < 1.29 is 0 Å². The summed E-state index contributed by atoms with van der Waals surface area (Å²) in [5.41, 5.74) is 1.32. The Morgan fingerprint density at radius 3 is 3.06 bits per heavy atom. The minimum atomic E-state index is -0.0260. The minimum absolute atomic E-state index is 0.0260. The highest BCUT2D eigenvalue weighted by molar-refractivity contribution is 7.99. The third kappa shape index (κ3) is 2.00. The molecule has 0 saturated carbocycles.